The number of nitrogen functional groups attached to an aromatic ring is 1. The predicted octanol–water partition coefficient (Wildman–Crippen LogP) is 2.75. The van der Waals surface area contributed by atoms with Crippen molar-refractivity contribution in [2.24, 2.45) is 0 Å². The normalized spacial score (nSPS) is 11.8. The maximum atomic E-state index is 13.1. The molecule has 124 valence electrons. The van der Waals surface area contributed by atoms with Gasteiger partial charge in [0.25, 0.3) is 5.56 Å². The lowest BCUT2D eigenvalue weighted by Gasteiger charge is -2.13. The Bertz CT molecular complexity index is 979. The van der Waals surface area contributed by atoms with E-state index in [1.807, 2.05) is 0 Å². The summed E-state index contributed by atoms with van der Waals surface area (Å²) in [7, 11) is 0. The minimum Gasteiger partial charge on any atom is -0.398 e. The van der Waals surface area contributed by atoms with Crippen molar-refractivity contribution in [2.45, 2.75) is 19.6 Å². The summed E-state index contributed by atoms with van der Waals surface area (Å²) in [5, 5.41) is 7.86. The first-order valence-corrected chi connectivity index (χ1v) is 7.06. The molecular weight excluding hydrogens is 321 g/mol. The molecule has 0 aliphatic carbocycles. The quantitative estimate of drug-likeness (QED) is 0.731. The second kappa shape index (κ2) is 5.63. The number of anilines is 1. The van der Waals surface area contributed by atoms with Crippen LogP contribution in [0.2, 0.25) is 0 Å². The van der Waals surface area contributed by atoms with Gasteiger partial charge in [-0.1, -0.05) is 29.5 Å². The van der Waals surface area contributed by atoms with Crippen LogP contribution in [-0.2, 0) is 12.7 Å². The van der Waals surface area contributed by atoms with Crippen molar-refractivity contribution in [1.29, 1.82) is 0 Å². The fourth-order valence-electron chi connectivity index (χ4n) is 2.53. The Morgan fingerprint density at radius 2 is 1.88 bits per heavy atom. The van der Waals surface area contributed by atoms with Gasteiger partial charge in [0.1, 0.15) is 5.52 Å². The smallest absolute Gasteiger partial charge is 0.398 e. The average Bonchev–Trinajstić information content (AvgIpc) is 2.52. The molecular formula is C16H13F3N4O. The van der Waals surface area contributed by atoms with Gasteiger partial charge in [-0.15, -0.1) is 5.10 Å². The topological polar surface area (TPSA) is 73.8 Å². The number of aromatic nitrogens is 3. The average molecular weight is 334 g/mol. The summed E-state index contributed by atoms with van der Waals surface area (Å²) in [6.45, 7) is 1.41. The summed E-state index contributed by atoms with van der Waals surface area (Å²) in [4.78, 5) is 12.6. The molecule has 0 radical (unpaired) electrons. The van der Waals surface area contributed by atoms with Crippen LogP contribution in [0.25, 0.3) is 10.9 Å². The lowest BCUT2D eigenvalue weighted by atomic mass is 10.1. The minimum atomic E-state index is -4.51. The molecule has 3 rings (SSSR count). The van der Waals surface area contributed by atoms with Gasteiger partial charge in [0, 0.05) is 5.69 Å². The Labute approximate surface area is 134 Å². The zero-order chi connectivity index (χ0) is 17.5. The van der Waals surface area contributed by atoms with Gasteiger partial charge >= 0.3 is 6.18 Å². The highest BCUT2D eigenvalue weighted by Gasteiger charge is 2.33. The molecule has 0 unspecified atom stereocenters. The molecule has 1 aromatic heterocycles. The van der Waals surface area contributed by atoms with Crippen LogP contribution in [0.1, 0.15) is 16.7 Å². The molecule has 0 saturated heterocycles. The van der Waals surface area contributed by atoms with Crippen LogP contribution >= 0.6 is 0 Å². The summed E-state index contributed by atoms with van der Waals surface area (Å²) in [6, 6.07) is 8.31. The van der Waals surface area contributed by atoms with E-state index < -0.39 is 17.3 Å². The van der Waals surface area contributed by atoms with Crippen LogP contribution < -0.4 is 11.3 Å². The maximum absolute atomic E-state index is 13.1. The Hall–Kier alpha value is -2.90. The first-order chi connectivity index (χ1) is 11.3. The molecule has 1 heterocycles. The zero-order valence-corrected chi connectivity index (χ0v) is 12.6. The van der Waals surface area contributed by atoms with Crippen molar-refractivity contribution in [3.05, 3.63) is 63.4 Å². The van der Waals surface area contributed by atoms with E-state index in [4.69, 9.17) is 5.73 Å². The van der Waals surface area contributed by atoms with Crippen LogP contribution in [0.5, 0.6) is 0 Å². The third-order valence-corrected chi connectivity index (χ3v) is 3.76. The largest absolute Gasteiger partial charge is 0.416 e. The van der Waals surface area contributed by atoms with Crippen molar-refractivity contribution in [1.82, 2.24) is 15.0 Å². The number of alkyl halides is 3. The van der Waals surface area contributed by atoms with Gasteiger partial charge in [0.05, 0.1) is 17.5 Å². The first-order valence-electron chi connectivity index (χ1n) is 7.06. The number of rotatable bonds is 2. The number of nitrogens with zero attached hydrogens (tertiary/aromatic N) is 3. The van der Waals surface area contributed by atoms with Crippen LogP contribution in [0.3, 0.4) is 0 Å². The summed E-state index contributed by atoms with van der Waals surface area (Å²) in [5.41, 5.74) is 5.66. The molecule has 0 amide bonds. The minimum absolute atomic E-state index is 0.0630. The van der Waals surface area contributed by atoms with E-state index in [-0.39, 0.29) is 23.2 Å². The zero-order valence-electron chi connectivity index (χ0n) is 12.6. The fourth-order valence-corrected chi connectivity index (χ4v) is 2.53. The number of hydrogen-bond acceptors (Lipinski definition) is 4. The molecule has 0 saturated carbocycles. The predicted molar refractivity (Wildman–Crippen MR) is 83.5 cm³/mol. The molecule has 0 spiro atoms. The molecule has 24 heavy (non-hydrogen) atoms. The van der Waals surface area contributed by atoms with Crippen LogP contribution in [0, 0.1) is 6.92 Å². The second-order valence-electron chi connectivity index (χ2n) is 5.40. The van der Waals surface area contributed by atoms with E-state index in [9.17, 15) is 18.0 Å². The highest BCUT2D eigenvalue weighted by Crippen LogP contribution is 2.32. The van der Waals surface area contributed by atoms with Crippen LogP contribution in [-0.4, -0.2) is 15.0 Å². The SMILES string of the molecule is Cc1ccc(N)c2c(=O)n(Cc3ccccc3C(F)(F)F)nnc12. The molecule has 0 aliphatic rings. The van der Waals surface area contributed by atoms with E-state index in [0.717, 1.165) is 10.7 Å². The van der Waals surface area contributed by atoms with Crippen molar-refractivity contribution in [2.75, 3.05) is 5.73 Å². The molecule has 8 heteroatoms. The second-order valence-corrected chi connectivity index (χ2v) is 5.40. The van der Waals surface area contributed by atoms with Crippen LogP contribution in [0.15, 0.2) is 41.2 Å². The number of benzene rings is 2. The number of nitrogens with two attached hydrogens (primary N) is 1. The van der Waals surface area contributed by atoms with Gasteiger partial charge in [0.2, 0.25) is 0 Å². The number of aryl methyl sites for hydroxylation is 1. The van der Waals surface area contributed by atoms with Crippen LogP contribution in [0.4, 0.5) is 18.9 Å². The first kappa shape index (κ1) is 16.0. The monoisotopic (exact) mass is 334 g/mol. The Balaban J connectivity index is 2.15. The molecule has 3 aromatic rings. The van der Waals surface area contributed by atoms with Gasteiger partial charge in [-0.2, -0.15) is 13.2 Å². The maximum Gasteiger partial charge on any atom is 0.416 e. The summed E-state index contributed by atoms with van der Waals surface area (Å²) < 4.78 is 40.1. The van der Waals surface area contributed by atoms with Crippen molar-refractivity contribution < 1.29 is 13.2 Å². The van der Waals surface area contributed by atoms with E-state index in [2.05, 4.69) is 10.3 Å². The Kier molecular flexibility index (Phi) is 3.75. The fraction of sp³-hybridized carbons (Fsp3) is 0.188. The Morgan fingerprint density at radius 3 is 2.58 bits per heavy atom. The van der Waals surface area contributed by atoms with E-state index in [1.54, 1.807) is 19.1 Å². The summed E-state index contributed by atoms with van der Waals surface area (Å²) >= 11 is 0. The molecule has 5 nitrogen and oxygen atoms in total. The third kappa shape index (κ3) is 2.70. The summed E-state index contributed by atoms with van der Waals surface area (Å²) in [5.74, 6) is 0. The van der Waals surface area contributed by atoms with Gasteiger partial charge < -0.3 is 5.73 Å². The number of halogens is 3. The van der Waals surface area contributed by atoms with Crippen molar-refractivity contribution in [3.63, 3.8) is 0 Å². The highest BCUT2D eigenvalue weighted by molar-refractivity contribution is 5.91. The molecule has 0 bridgehead atoms. The summed E-state index contributed by atoms with van der Waals surface area (Å²) in [6.07, 6.45) is -4.51. The Morgan fingerprint density at radius 1 is 1.17 bits per heavy atom. The van der Waals surface area contributed by atoms with E-state index >= 15 is 0 Å². The standard InChI is InChI=1S/C16H13F3N4O/c1-9-6-7-12(20)13-14(9)21-22-23(15(13)24)8-10-4-2-3-5-11(10)16(17,18)19/h2-7H,8,20H2,1H3. The van der Waals surface area contributed by atoms with Gasteiger partial charge in [0.15, 0.2) is 0 Å². The molecule has 0 fully saturated rings. The third-order valence-electron chi connectivity index (χ3n) is 3.76. The van der Waals surface area contributed by atoms with Gasteiger partial charge in [-0.25, -0.2) is 4.68 Å². The molecule has 2 aromatic carbocycles. The van der Waals surface area contributed by atoms with E-state index in [0.29, 0.717) is 11.1 Å². The van der Waals surface area contributed by atoms with E-state index in [1.165, 1.54) is 18.2 Å². The molecule has 0 atom stereocenters. The molecule has 2 N–H and O–H groups in total. The number of hydrogen-bond donors (Lipinski definition) is 1. The van der Waals surface area contributed by atoms with Crippen molar-refractivity contribution >= 4 is 16.6 Å². The lowest BCUT2D eigenvalue weighted by molar-refractivity contribution is -0.138. The van der Waals surface area contributed by atoms with Crippen molar-refractivity contribution in [3.8, 4) is 0 Å². The highest BCUT2D eigenvalue weighted by atomic mass is 19.4. The molecule has 0 aliphatic heterocycles. The van der Waals surface area contributed by atoms with Gasteiger partial charge in [-0.3, -0.25) is 4.79 Å². The van der Waals surface area contributed by atoms with Gasteiger partial charge in [-0.05, 0) is 30.2 Å². The lowest BCUT2D eigenvalue weighted by Crippen LogP contribution is -2.26. The number of fused-ring (bicyclic) bond motifs is 1.